The third-order valence-corrected chi connectivity index (χ3v) is 5.04. The van der Waals surface area contributed by atoms with E-state index in [0.29, 0.717) is 0 Å². The van der Waals surface area contributed by atoms with E-state index in [2.05, 4.69) is 11.9 Å². The zero-order valence-electron chi connectivity index (χ0n) is 10.8. The number of hydrogen-bond acceptors (Lipinski definition) is 1. The van der Waals surface area contributed by atoms with Gasteiger partial charge in [-0.05, 0) is 63.0 Å². The molecule has 0 unspecified atom stereocenters. The molecule has 19 heavy (non-hydrogen) atoms. The Morgan fingerprint density at radius 3 is 2.00 bits per heavy atom. The van der Waals surface area contributed by atoms with Crippen molar-refractivity contribution in [2.45, 2.75) is 50.1 Å². The first kappa shape index (κ1) is 12.9. The van der Waals surface area contributed by atoms with Gasteiger partial charge < -0.3 is 0 Å². The van der Waals surface area contributed by atoms with Crippen LogP contribution in [0.15, 0.2) is 18.3 Å². The average Bonchev–Trinajstić information content (AvgIpc) is 2.39. The summed E-state index contributed by atoms with van der Waals surface area (Å²) in [5, 5.41) is 0. The Hall–Kier alpha value is -1.06. The molecule has 3 aliphatic rings. The van der Waals surface area contributed by atoms with Crippen molar-refractivity contribution >= 4 is 0 Å². The highest BCUT2D eigenvalue weighted by molar-refractivity contribution is 5.25. The second kappa shape index (κ2) is 3.97. The van der Waals surface area contributed by atoms with Crippen molar-refractivity contribution in [3.05, 3.63) is 36.5 Å². The normalized spacial score (nSPS) is 34.5. The molecule has 3 fully saturated rings. The first-order chi connectivity index (χ1) is 8.83. The summed E-state index contributed by atoms with van der Waals surface area (Å²) in [5.74, 6) is 0. The molecule has 0 N–H and O–H groups in total. The molecule has 0 aliphatic heterocycles. The molecule has 4 rings (SSSR count). The summed E-state index contributed by atoms with van der Waals surface area (Å²) in [5.41, 5.74) is 0.394. The molecule has 1 aromatic rings. The van der Waals surface area contributed by atoms with E-state index in [1.54, 1.807) is 6.07 Å². The number of alkyl halides is 3. The number of halogens is 3. The van der Waals surface area contributed by atoms with Crippen LogP contribution in [0.5, 0.6) is 0 Å². The van der Waals surface area contributed by atoms with Crippen molar-refractivity contribution in [1.29, 1.82) is 0 Å². The van der Waals surface area contributed by atoms with Crippen LogP contribution in [0.4, 0.5) is 13.2 Å². The van der Waals surface area contributed by atoms with E-state index in [0.717, 1.165) is 56.5 Å². The Balaban J connectivity index is 1.87. The third kappa shape index (κ3) is 2.15. The predicted molar refractivity (Wildman–Crippen MR) is 66.4 cm³/mol. The summed E-state index contributed by atoms with van der Waals surface area (Å²) in [7, 11) is 0. The van der Waals surface area contributed by atoms with Gasteiger partial charge >= 0.3 is 6.18 Å². The lowest BCUT2D eigenvalue weighted by molar-refractivity contribution is -0.137. The van der Waals surface area contributed by atoms with Crippen LogP contribution in [-0.2, 0) is 11.6 Å². The maximum atomic E-state index is 12.5. The van der Waals surface area contributed by atoms with Crippen LogP contribution in [0.3, 0.4) is 0 Å². The molecule has 3 aliphatic carbocycles. The van der Waals surface area contributed by atoms with Gasteiger partial charge in [0, 0.05) is 17.3 Å². The molecule has 4 heteroatoms. The van der Waals surface area contributed by atoms with E-state index < -0.39 is 11.7 Å². The van der Waals surface area contributed by atoms with Gasteiger partial charge in [-0.15, -0.1) is 0 Å². The van der Waals surface area contributed by atoms with Crippen LogP contribution in [0.1, 0.15) is 49.8 Å². The summed E-state index contributed by atoms with van der Waals surface area (Å²) in [6.07, 6.45) is 2.90. The van der Waals surface area contributed by atoms with Gasteiger partial charge in [-0.1, -0.05) is 0 Å². The van der Waals surface area contributed by atoms with Crippen LogP contribution in [0.25, 0.3) is 0 Å². The van der Waals surface area contributed by atoms with Crippen LogP contribution >= 0.6 is 0 Å². The lowest BCUT2D eigenvalue weighted by atomic mass is 9.53. The smallest absolute Gasteiger partial charge is 0.260 e. The second-order valence-electron chi connectivity index (χ2n) is 6.21. The fraction of sp³-hybridized carbons (Fsp3) is 0.600. The number of fused-ring (bicyclic) bond motifs is 3. The first-order valence-corrected chi connectivity index (χ1v) is 6.72. The van der Waals surface area contributed by atoms with Crippen molar-refractivity contribution in [2.24, 2.45) is 5.41 Å². The fourth-order valence-electron chi connectivity index (χ4n) is 3.52. The lowest BCUT2D eigenvalue weighted by Gasteiger charge is -2.51. The maximum Gasteiger partial charge on any atom is 0.417 e. The topological polar surface area (TPSA) is 12.9 Å². The van der Waals surface area contributed by atoms with E-state index in [-0.39, 0.29) is 10.8 Å². The molecule has 1 nitrogen and oxygen atoms in total. The number of rotatable bonds is 1. The van der Waals surface area contributed by atoms with Gasteiger partial charge in [0.15, 0.2) is 0 Å². The Labute approximate surface area is 111 Å². The largest absolute Gasteiger partial charge is 0.417 e. The Morgan fingerprint density at radius 1 is 1.00 bits per heavy atom. The van der Waals surface area contributed by atoms with Crippen molar-refractivity contribution in [3.63, 3.8) is 0 Å². The molecule has 2 bridgehead atoms. The number of hydrogen-bond donors (Lipinski definition) is 0. The van der Waals surface area contributed by atoms with E-state index in [9.17, 15) is 13.2 Å². The fourth-order valence-corrected chi connectivity index (χ4v) is 3.52. The highest BCUT2D eigenvalue weighted by Crippen LogP contribution is 2.56. The monoisotopic (exact) mass is 268 g/mol. The molecular weight excluding hydrogens is 251 g/mol. The molecule has 0 spiro atoms. The number of aromatic nitrogens is 1. The standard InChI is InChI=1S/C15H17F3N/c1-13-4-7-14(8-5-13,9-6-13)12-3-2-11(10-19-12)15(16,17)18/h2-3,10H,1,4-9H2. The third-order valence-electron chi connectivity index (χ3n) is 5.04. The molecule has 103 valence electrons. The van der Waals surface area contributed by atoms with Crippen molar-refractivity contribution in [1.82, 2.24) is 4.98 Å². The molecule has 0 aromatic carbocycles. The number of pyridine rings is 1. The second-order valence-corrected chi connectivity index (χ2v) is 6.21. The lowest BCUT2D eigenvalue weighted by Crippen LogP contribution is -2.43. The maximum absolute atomic E-state index is 12.5. The van der Waals surface area contributed by atoms with Gasteiger partial charge in [0.25, 0.3) is 0 Å². The van der Waals surface area contributed by atoms with Crippen molar-refractivity contribution < 1.29 is 13.2 Å². The van der Waals surface area contributed by atoms with Gasteiger partial charge in [0.05, 0.1) is 5.56 Å². The molecule has 3 saturated carbocycles. The van der Waals surface area contributed by atoms with Crippen LogP contribution in [0, 0.1) is 12.3 Å². The van der Waals surface area contributed by atoms with Crippen molar-refractivity contribution in [3.8, 4) is 0 Å². The quantitative estimate of drug-likeness (QED) is 0.729. The molecule has 1 heterocycles. The molecule has 1 radical (unpaired) electrons. The minimum atomic E-state index is -4.30. The minimum absolute atomic E-state index is 0.00354. The summed E-state index contributed by atoms with van der Waals surface area (Å²) in [4.78, 5) is 4.12. The van der Waals surface area contributed by atoms with Gasteiger partial charge in [-0.3, -0.25) is 4.98 Å². The van der Waals surface area contributed by atoms with Crippen LogP contribution < -0.4 is 0 Å². The van der Waals surface area contributed by atoms with Crippen LogP contribution in [-0.4, -0.2) is 4.98 Å². The molecular formula is C15H17F3N. The SMILES string of the molecule is [CH2]C12CCC(c3ccc(C(F)(F)F)cn3)(CC1)CC2. The van der Waals surface area contributed by atoms with Gasteiger partial charge in [0.2, 0.25) is 0 Å². The Kier molecular flexibility index (Phi) is 2.70. The zero-order valence-corrected chi connectivity index (χ0v) is 10.8. The molecule has 0 amide bonds. The Morgan fingerprint density at radius 2 is 1.58 bits per heavy atom. The van der Waals surface area contributed by atoms with Gasteiger partial charge in [-0.25, -0.2) is 0 Å². The summed E-state index contributed by atoms with van der Waals surface area (Å²) in [6.45, 7) is 4.29. The van der Waals surface area contributed by atoms with Crippen LogP contribution in [0.2, 0.25) is 0 Å². The predicted octanol–water partition coefficient (Wildman–Crippen LogP) is 4.53. The van der Waals surface area contributed by atoms with E-state index in [1.807, 2.05) is 0 Å². The van der Waals surface area contributed by atoms with E-state index in [1.165, 1.54) is 0 Å². The summed E-state index contributed by atoms with van der Waals surface area (Å²) >= 11 is 0. The zero-order chi connectivity index (χ0) is 13.7. The van der Waals surface area contributed by atoms with Gasteiger partial charge in [0.1, 0.15) is 0 Å². The first-order valence-electron chi connectivity index (χ1n) is 6.72. The minimum Gasteiger partial charge on any atom is -0.260 e. The molecule has 0 atom stereocenters. The molecule has 1 aromatic heterocycles. The molecule has 0 saturated heterocycles. The van der Waals surface area contributed by atoms with E-state index in [4.69, 9.17) is 0 Å². The highest BCUT2D eigenvalue weighted by atomic mass is 19.4. The van der Waals surface area contributed by atoms with Gasteiger partial charge in [-0.2, -0.15) is 13.2 Å². The van der Waals surface area contributed by atoms with E-state index >= 15 is 0 Å². The summed E-state index contributed by atoms with van der Waals surface area (Å²) < 4.78 is 37.6. The average molecular weight is 268 g/mol. The number of nitrogens with zero attached hydrogens (tertiary/aromatic N) is 1. The Bertz CT molecular complexity index is 451. The summed E-state index contributed by atoms with van der Waals surface area (Å²) in [6, 6.07) is 2.74. The van der Waals surface area contributed by atoms with Crippen molar-refractivity contribution in [2.75, 3.05) is 0 Å². The highest BCUT2D eigenvalue weighted by Gasteiger charge is 2.47.